The molecule has 2 aliphatic rings. The van der Waals surface area contributed by atoms with Crippen molar-refractivity contribution < 1.29 is 29.3 Å². The van der Waals surface area contributed by atoms with Gasteiger partial charge in [-0.25, -0.2) is 4.79 Å². The first-order chi connectivity index (χ1) is 16.9. The molecular formula is C27H32N2O6. The minimum Gasteiger partial charge on any atom is -0.481 e. The number of amides is 2. The van der Waals surface area contributed by atoms with Crippen molar-refractivity contribution >= 4 is 18.0 Å². The topological polar surface area (TPSA) is 116 Å². The second-order valence-electron chi connectivity index (χ2n) is 9.32. The predicted octanol–water partition coefficient (Wildman–Crippen LogP) is 3.52. The van der Waals surface area contributed by atoms with E-state index in [0.29, 0.717) is 12.8 Å². The normalized spacial score (nSPS) is 19.8. The molecule has 8 heteroatoms. The summed E-state index contributed by atoms with van der Waals surface area (Å²) < 4.78 is 5.56. The molecule has 0 aliphatic heterocycles. The molecule has 0 bridgehead atoms. The molecule has 1 fully saturated rings. The van der Waals surface area contributed by atoms with Crippen LogP contribution >= 0.6 is 0 Å². The maximum absolute atomic E-state index is 13.2. The maximum Gasteiger partial charge on any atom is 0.407 e. The third kappa shape index (κ3) is 5.48. The zero-order valence-electron chi connectivity index (χ0n) is 19.9. The first-order valence-corrected chi connectivity index (χ1v) is 12.1. The van der Waals surface area contributed by atoms with Gasteiger partial charge < -0.3 is 25.2 Å². The SMILES string of the molecule is CN(C(=O)C(CCC(=O)O)NC(=O)OCC1c2ccccc2-c2ccccc21)C1CCCCC1O. The molecule has 0 spiro atoms. The Bertz CT molecular complexity index is 1040. The van der Waals surface area contributed by atoms with Crippen molar-refractivity contribution in [1.82, 2.24) is 10.2 Å². The van der Waals surface area contributed by atoms with Crippen LogP contribution in [0.2, 0.25) is 0 Å². The van der Waals surface area contributed by atoms with Gasteiger partial charge in [-0.2, -0.15) is 0 Å². The summed E-state index contributed by atoms with van der Waals surface area (Å²) in [4.78, 5) is 38.5. The van der Waals surface area contributed by atoms with Crippen molar-refractivity contribution in [2.75, 3.05) is 13.7 Å². The summed E-state index contributed by atoms with van der Waals surface area (Å²) in [6.45, 7) is 0.0941. The predicted molar refractivity (Wildman–Crippen MR) is 130 cm³/mol. The van der Waals surface area contributed by atoms with E-state index in [1.165, 1.54) is 4.90 Å². The molecule has 0 aromatic heterocycles. The highest BCUT2D eigenvalue weighted by Gasteiger charge is 2.34. The molecule has 3 N–H and O–H groups in total. The Labute approximate surface area is 204 Å². The molecule has 8 nitrogen and oxygen atoms in total. The van der Waals surface area contributed by atoms with Gasteiger partial charge in [-0.05, 0) is 41.5 Å². The maximum atomic E-state index is 13.2. The van der Waals surface area contributed by atoms with Gasteiger partial charge in [0.1, 0.15) is 12.6 Å². The molecule has 3 atom stereocenters. The number of carbonyl (C=O) groups excluding carboxylic acids is 2. The van der Waals surface area contributed by atoms with E-state index >= 15 is 0 Å². The Kier molecular flexibility index (Phi) is 7.70. The van der Waals surface area contributed by atoms with Gasteiger partial charge in [0.05, 0.1) is 12.1 Å². The van der Waals surface area contributed by atoms with Crippen LogP contribution in [0.3, 0.4) is 0 Å². The Morgan fingerprint density at radius 1 is 1.03 bits per heavy atom. The van der Waals surface area contributed by atoms with Crippen LogP contribution in [0.1, 0.15) is 55.6 Å². The van der Waals surface area contributed by atoms with Crippen molar-refractivity contribution in [3.05, 3.63) is 59.7 Å². The van der Waals surface area contributed by atoms with Crippen molar-refractivity contribution in [3.8, 4) is 11.1 Å². The largest absolute Gasteiger partial charge is 0.481 e. The van der Waals surface area contributed by atoms with Crippen molar-refractivity contribution in [2.45, 2.75) is 62.6 Å². The van der Waals surface area contributed by atoms with Crippen LogP contribution < -0.4 is 5.32 Å². The van der Waals surface area contributed by atoms with Crippen LogP contribution in [-0.2, 0) is 14.3 Å². The number of hydrogen-bond donors (Lipinski definition) is 3. The van der Waals surface area contributed by atoms with E-state index in [9.17, 15) is 19.5 Å². The number of nitrogens with one attached hydrogen (secondary N) is 1. The third-order valence-corrected chi connectivity index (χ3v) is 7.12. The van der Waals surface area contributed by atoms with E-state index < -0.39 is 30.1 Å². The standard InChI is InChI=1S/C27H32N2O6/c1-29(23-12-6-7-13-24(23)30)26(33)22(14-15-25(31)32)28-27(34)35-16-21-19-10-4-2-8-17(19)18-9-3-5-11-20(18)21/h2-5,8-11,21-24,30H,6-7,12-16H2,1H3,(H,28,34)(H,31,32). The number of nitrogens with zero attached hydrogens (tertiary/aromatic N) is 1. The number of likely N-dealkylation sites (N-methyl/N-ethyl adjacent to an activating group) is 1. The molecule has 1 saturated carbocycles. The Morgan fingerprint density at radius 2 is 1.63 bits per heavy atom. The van der Waals surface area contributed by atoms with Crippen LogP contribution in [0.15, 0.2) is 48.5 Å². The highest BCUT2D eigenvalue weighted by Crippen LogP contribution is 2.44. The molecule has 2 amide bonds. The number of carbonyl (C=O) groups is 3. The summed E-state index contributed by atoms with van der Waals surface area (Å²) in [5.74, 6) is -1.61. The van der Waals surface area contributed by atoms with Crippen molar-refractivity contribution in [1.29, 1.82) is 0 Å². The van der Waals surface area contributed by atoms with Gasteiger partial charge in [-0.3, -0.25) is 9.59 Å². The molecule has 35 heavy (non-hydrogen) atoms. The van der Waals surface area contributed by atoms with E-state index in [4.69, 9.17) is 9.84 Å². The number of aliphatic hydroxyl groups is 1. The molecule has 2 aromatic carbocycles. The second kappa shape index (κ2) is 10.9. The first kappa shape index (κ1) is 24.7. The molecule has 186 valence electrons. The molecule has 4 rings (SSSR count). The lowest BCUT2D eigenvalue weighted by Gasteiger charge is -2.37. The average Bonchev–Trinajstić information content (AvgIpc) is 3.18. The lowest BCUT2D eigenvalue weighted by atomic mass is 9.91. The molecular weight excluding hydrogens is 448 g/mol. The summed E-state index contributed by atoms with van der Waals surface area (Å²) in [6.07, 6.45) is 1.34. The van der Waals surface area contributed by atoms with Crippen LogP contribution in [0.4, 0.5) is 4.79 Å². The number of fused-ring (bicyclic) bond motifs is 3. The van der Waals surface area contributed by atoms with E-state index in [-0.39, 0.29) is 31.4 Å². The van der Waals surface area contributed by atoms with Crippen LogP contribution in [0.5, 0.6) is 0 Å². The second-order valence-corrected chi connectivity index (χ2v) is 9.32. The van der Waals surface area contributed by atoms with Crippen molar-refractivity contribution in [2.24, 2.45) is 0 Å². The quantitative estimate of drug-likeness (QED) is 0.532. The number of alkyl carbamates (subject to hydrolysis) is 1. The van der Waals surface area contributed by atoms with Crippen LogP contribution in [-0.4, -0.2) is 64.9 Å². The minimum atomic E-state index is -1.06. The number of carboxylic acids is 1. The molecule has 3 unspecified atom stereocenters. The van der Waals surface area contributed by atoms with Gasteiger partial charge in [0.2, 0.25) is 5.91 Å². The summed E-state index contributed by atoms with van der Waals surface area (Å²) in [5, 5.41) is 22.0. The van der Waals surface area contributed by atoms with Gasteiger partial charge >= 0.3 is 12.1 Å². The number of ether oxygens (including phenoxy) is 1. The van der Waals surface area contributed by atoms with Gasteiger partial charge in [-0.15, -0.1) is 0 Å². The smallest absolute Gasteiger partial charge is 0.407 e. The highest BCUT2D eigenvalue weighted by molar-refractivity contribution is 5.86. The summed E-state index contributed by atoms with van der Waals surface area (Å²) in [5.41, 5.74) is 4.37. The monoisotopic (exact) mass is 480 g/mol. The number of hydrogen-bond acceptors (Lipinski definition) is 5. The zero-order valence-corrected chi connectivity index (χ0v) is 19.9. The fourth-order valence-corrected chi connectivity index (χ4v) is 5.26. The first-order valence-electron chi connectivity index (χ1n) is 12.1. The number of rotatable bonds is 8. The van der Waals surface area contributed by atoms with Crippen LogP contribution in [0.25, 0.3) is 11.1 Å². The number of benzene rings is 2. The molecule has 0 radical (unpaired) electrons. The molecule has 2 aliphatic carbocycles. The minimum absolute atomic E-state index is 0.0640. The summed E-state index contributed by atoms with van der Waals surface area (Å²) >= 11 is 0. The van der Waals surface area contributed by atoms with E-state index in [0.717, 1.165) is 35.1 Å². The third-order valence-electron chi connectivity index (χ3n) is 7.12. The fourth-order valence-electron chi connectivity index (χ4n) is 5.26. The number of aliphatic hydroxyl groups excluding tert-OH is 1. The lowest BCUT2D eigenvalue weighted by Crippen LogP contribution is -2.54. The Balaban J connectivity index is 1.43. The van der Waals surface area contributed by atoms with Gasteiger partial charge in [0.15, 0.2) is 0 Å². The molecule has 0 saturated heterocycles. The van der Waals surface area contributed by atoms with E-state index in [1.807, 2.05) is 48.5 Å². The molecule has 2 aromatic rings. The van der Waals surface area contributed by atoms with Crippen LogP contribution in [0, 0.1) is 0 Å². The average molecular weight is 481 g/mol. The van der Waals surface area contributed by atoms with Gasteiger partial charge in [0, 0.05) is 19.4 Å². The van der Waals surface area contributed by atoms with E-state index in [2.05, 4.69) is 5.32 Å². The van der Waals surface area contributed by atoms with Gasteiger partial charge in [-0.1, -0.05) is 61.4 Å². The zero-order chi connectivity index (χ0) is 24.9. The summed E-state index contributed by atoms with van der Waals surface area (Å²) in [7, 11) is 1.59. The number of carboxylic acid groups (broad SMARTS) is 1. The Hall–Kier alpha value is -3.39. The summed E-state index contributed by atoms with van der Waals surface area (Å²) in [6, 6.07) is 14.6. The van der Waals surface area contributed by atoms with Crippen molar-refractivity contribution in [3.63, 3.8) is 0 Å². The fraction of sp³-hybridized carbons (Fsp3) is 0.444. The highest BCUT2D eigenvalue weighted by atomic mass is 16.5. The molecule has 0 heterocycles. The lowest BCUT2D eigenvalue weighted by molar-refractivity contribution is -0.139. The Morgan fingerprint density at radius 3 is 2.23 bits per heavy atom. The number of aliphatic carboxylic acids is 1. The van der Waals surface area contributed by atoms with Gasteiger partial charge in [0.25, 0.3) is 0 Å². The van der Waals surface area contributed by atoms with E-state index in [1.54, 1.807) is 7.05 Å².